The van der Waals surface area contributed by atoms with Crippen LogP contribution in [0, 0.1) is 0 Å². The Morgan fingerprint density at radius 3 is 2.69 bits per heavy atom. The quantitative estimate of drug-likeness (QED) is 0.650. The molecule has 1 aliphatic carbocycles. The van der Waals surface area contributed by atoms with Gasteiger partial charge in [-0.05, 0) is 46.3 Å². The van der Waals surface area contributed by atoms with Gasteiger partial charge in [-0.3, -0.25) is 0 Å². The molecular formula is C13H28N2O. The van der Waals surface area contributed by atoms with E-state index < -0.39 is 0 Å². The average molecular weight is 228 g/mol. The Morgan fingerprint density at radius 1 is 1.44 bits per heavy atom. The van der Waals surface area contributed by atoms with Crippen LogP contribution < -0.4 is 5.32 Å². The highest BCUT2D eigenvalue weighted by Crippen LogP contribution is 2.32. The van der Waals surface area contributed by atoms with Crippen molar-refractivity contribution >= 4 is 0 Å². The van der Waals surface area contributed by atoms with E-state index in [4.69, 9.17) is 0 Å². The van der Waals surface area contributed by atoms with E-state index in [0.717, 1.165) is 12.8 Å². The molecule has 1 fully saturated rings. The van der Waals surface area contributed by atoms with Crippen molar-refractivity contribution in [2.75, 3.05) is 27.2 Å². The lowest BCUT2D eigenvalue weighted by Crippen LogP contribution is -2.45. The SMILES string of the molecule is CCCCCN(C)C1CCC(CO)(NC)C1. The third kappa shape index (κ3) is 3.44. The molecule has 0 aromatic rings. The number of aliphatic hydroxyl groups is 1. The van der Waals surface area contributed by atoms with E-state index >= 15 is 0 Å². The number of nitrogens with zero attached hydrogens (tertiary/aromatic N) is 1. The first-order valence-corrected chi connectivity index (χ1v) is 6.67. The van der Waals surface area contributed by atoms with Crippen LogP contribution in [-0.2, 0) is 0 Å². The highest BCUT2D eigenvalue weighted by Gasteiger charge is 2.38. The largest absolute Gasteiger partial charge is 0.394 e. The Balaban J connectivity index is 2.34. The predicted octanol–water partition coefficient (Wildman–Crippen LogP) is 1.61. The Kier molecular flexibility index (Phi) is 5.73. The van der Waals surface area contributed by atoms with Gasteiger partial charge in [-0.15, -0.1) is 0 Å². The van der Waals surface area contributed by atoms with E-state index in [2.05, 4.69) is 24.2 Å². The lowest BCUT2D eigenvalue weighted by Gasteiger charge is -2.29. The molecular weight excluding hydrogens is 200 g/mol. The first kappa shape index (κ1) is 13.9. The maximum atomic E-state index is 9.45. The van der Waals surface area contributed by atoms with Crippen molar-refractivity contribution in [3.63, 3.8) is 0 Å². The molecule has 96 valence electrons. The van der Waals surface area contributed by atoms with E-state index in [9.17, 15) is 5.11 Å². The number of hydrogen-bond donors (Lipinski definition) is 2. The summed E-state index contributed by atoms with van der Waals surface area (Å²) in [5.74, 6) is 0. The molecule has 0 amide bonds. The van der Waals surface area contributed by atoms with Crippen molar-refractivity contribution in [1.29, 1.82) is 0 Å². The van der Waals surface area contributed by atoms with Crippen LogP contribution in [0.15, 0.2) is 0 Å². The van der Waals surface area contributed by atoms with Crippen molar-refractivity contribution in [3.8, 4) is 0 Å². The molecule has 1 saturated carbocycles. The zero-order chi connectivity index (χ0) is 12.0. The average Bonchev–Trinajstić information content (AvgIpc) is 2.74. The van der Waals surface area contributed by atoms with E-state index in [0.29, 0.717) is 6.04 Å². The minimum absolute atomic E-state index is 0.0102. The number of likely N-dealkylation sites (N-methyl/N-ethyl adjacent to an activating group) is 1. The van der Waals surface area contributed by atoms with Gasteiger partial charge in [-0.2, -0.15) is 0 Å². The molecule has 0 spiro atoms. The summed E-state index contributed by atoms with van der Waals surface area (Å²) in [5, 5.41) is 12.8. The van der Waals surface area contributed by atoms with E-state index in [1.807, 2.05) is 7.05 Å². The summed E-state index contributed by atoms with van der Waals surface area (Å²) in [6, 6.07) is 0.649. The number of rotatable bonds is 7. The summed E-state index contributed by atoms with van der Waals surface area (Å²) in [6.07, 6.45) is 7.31. The zero-order valence-electron chi connectivity index (χ0n) is 11.1. The summed E-state index contributed by atoms with van der Waals surface area (Å²) < 4.78 is 0. The van der Waals surface area contributed by atoms with Gasteiger partial charge in [0, 0.05) is 11.6 Å². The number of unbranched alkanes of at least 4 members (excludes halogenated alkanes) is 2. The first-order valence-electron chi connectivity index (χ1n) is 6.67. The lowest BCUT2D eigenvalue weighted by atomic mass is 9.99. The zero-order valence-corrected chi connectivity index (χ0v) is 11.1. The van der Waals surface area contributed by atoms with Gasteiger partial charge in [-0.25, -0.2) is 0 Å². The smallest absolute Gasteiger partial charge is 0.0613 e. The summed E-state index contributed by atoms with van der Waals surface area (Å²) in [6.45, 7) is 3.71. The third-order valence-electron chi connectivity index (χ3n) is 4.15. The fourth-order valence-electron chi connectivity index (χ4n) is 2.72. The van der Waals surface area contributed by atoms with Crippen molar-refractivity contribution in [2.45, 2.75) is 57.0 Å². The van der Waals surface area contributed by atoms with Crippen LogP contribution in [-0.4, -0.2) is 48.8 Å². The van der Waals surface area contributed by atoms with E-state index in [1.54, 1.807) is 0 Å². The van der Waals surface area contributed by atoms with Gasteiger partial charge in [0.25, 0.3) is 0 Å². The monoisotopic (exact) mass is 228 g/mol. The molecule has 2 unspecified atom stereocenters. The normalized spacial score (nSPS) is 30.2. The predicted molar refractivity (Wildman–Crippen MR) is 68.7 cm³/mol. The molecule has 3 heteroatoms. The Labute approximate surface area is 100 Å². The van der Waals surface area contributed by atoms with E-state index in [-0.39, 0.29) is 12.1 Å². The van der Waals surface area contributed by atoms with Crippen molar-refractivity contribution in [3.05, 3.63) is 0 Å². The Hall–Kier alpha value is -0.120. The highest BCUT2D eigenvalue weighted by molar-refractivity contribution is 4.98. The van der Waals surface area contributed by atoms with Crippen molar-refractivity contribution in [2.24, 2.45) is 0 Å². The van der Waals surface area contributed by atoms with Gasteiger partial charge in [-0.1, -0.05) is 19.8 Å². The van der Waals surface area contributed by atoms with Crippen LogP contribution >= 0.6 is 0 Å². The fraction of sp³-hybridized carbons (Fsp3) is 1.00. The maximum Gasteiger partial charge on any atom is 0.0613 e. The summed E-state index contributed by atoms with van der Waals surface area (Å²) in [4.78, 5) is 2.48. The van der Waals surface area contributed by atoms with Gasteiger partial charge in [0.1, 0.15) is 0 Å². The second-order valence-electron chi connectivity index (χ2n) is 5.27. The topological polar surface area (TPSA) is 35.5 Å². The standard InChI is InChI=1S/C13H28N2O/c1-4-5-6-9-15(3)12-7-8-13(10-12,11-16)14-2/h12,14,16H,4-11H2,1-3H3. The summed E-state index contributed by atoms with van der Waals surface area (Å²) >= 11 is 0. The molecule has 0 saturated heterocycles. The summed E-state index contributed by atoms with van der Waals surface area (Å²) in [7, 11) is 4.19. The van der Waals surface area contributed by atoms with Crippen molar-refractivity contribution in [1.82, 2.24) is 10.2 Å². The minimum Gasteiger partial charge on any atom is -0.394 e. The molecule has 0 heterocycles. The number of aliphatic hydroxyl groups excluding tert-OH is 1. The first-order chi connectivity index (χ1) is 7.67. The van der Waals surface area contributed by atoms with Crippen LogP contribution in [0.4, 0.5) is 0 Å². The molecule has 2 N–H and O–H groups in total. The van der Waals surface area contributed by atoms with Gasteiger partial charge in [0.2, 0.25) is 0 Å². The highest BCUT2D eigenvalue weighted by atomic mass is 16.3. The molecule has 0 radical (unpaired) electrons. The second-order valence-corrected chi connectivity index (χ2v) is 5.27. The summed E-state index contributed by atoms with van der Waals surface area (Å²) in [5.41, 5.74) is -0.0102. The second kappa shape index (κ2) is 6.58. The maximum absolute atomic E-state index is 9.45. The van der Waals surface area contributed by atoms with E-state index in [1.165, 1.54) is 32.2 Å². The van der Waals surface area contributed by atoms with Crippen LogP contribution in [0.5, 0.6) is 0 Å². The number of hydrogen-bond acceptors (Lipinski definition) is 3. The van der Waals surface area contributed by atoms with Gasteiger partial charge >= 0.3 is 0 Å². The molecule has 3 nitrogen and oxygen atoms in total. The molecule has 16 heavy (non-hydrogen) atoms. The van der Waals surface area contributed by atoms with Gasteiger partial charge in [0.15, 0.2) is 0 Å². The van der Waals surface area contributed by atoms with Crippen LogP contribution in [0.25, 0.3) is 0 Å². The molecule has 0 aromatic carbocycles. The van der Waals surface area contributed by atoms with Crippen LogP contribution in [0.1, 0.15) is 45.4 Å². The molecule has 1 rings (SSSR count). The molecule has 2 atom stereocenters. The molecule has 0 aromatic heterocycles. The van der Waals surface area contributed by atoms with Gasteiger partial charge in [0.05, 0.1) is 6.61 Å². The fourth-order valence-corrected chi connectivity index (χ4v) is 2.72. The molecule has 0 bridgehead atoms. The Morgan fingerprint density at radius 2 is 2.19 bits per heavy atom. The Bertz CT molecular complexity index is 192. The third-order valence-corrected chi connectivity index (χ3v) is 4.15. The van der Waals surface area contributed by atoms with Crippen molar-refractivity contribution < 1.29 is 5.11 Å². The molecule has 1 aliphatic rings. The lowest BCUT2D eigenvalue weighted by molar-refractivity contribution is 0.157. The van der Waals surface area contributed by atoms with Gasteiger partial charge < -0.3 is 15.3 Å². The molecule has 0 aliphatic heterocycles. The minimum atomic E-state index is -0.0102. The van der Waals surface area contributed by atoms with Crippen LogP contribution in [0.2, 0.25) is 0 Å². The van der Waals surface area contributed by atoms with Crippen LogP contribution in [0.3, 0.4) is 0 Å². The number of nitrogens with one attached hydrogen (secondary N) is 1.